The van der Waals surface area contributed by atoms with Gasteiger partial charge in [0.1, 0.15) is 17.7 Å². The van der Waals surface area contributed by atoms with E-state index in [0.29, 0.717) is 12.0 Å². The Labute approximate surface area is 206 Å². The quantitative estimate of drug-likeness (QED) is 0.546. The van der Waals surface area contributed by atoms with E-state index in [4.69, 9.17) is 4.74 Å². The van der Waals surface area contributed by atoms with Crippen LogP contribution in [0.1, 0.15) is 92.8 Å². The first kappa shape index (κ1) is 29.5. The second-order valence-electron chi connectivity index (χ2n) is 11.7. The molecule has 0 heterocycles. The number of hydrogen-bond donors (Lipinski definition) is 2. The van der Waals surface area contributed by atoms with Crippen LogP contribution in [0.4, 0.5) is 4.79 Å². The van der Waals surface area contributed by atoms with Gasteiger partial charge in [0.05, 0.1) is 0 Å². The normalized spacial score (nSPS) is 13.9. The Balaban J connectivity index is 3.53. The van der Waals surface area contributed by atoms with Crippen molar-refractivity contribution < 1.29 is 19.1 Å². The second kappa shape index (κ2) is 11.7. The van der Waals surface area contributed by atoms with Crippen LogP contribution in [0.25, 0.3) is 0 Å². The van der Waals surface area contributed by atoms with Gasteiger partial charge in [-0.1, -0.05) is 43.7 Å². The predicted molar refractivity (Wildman–Crippen MR) is 136 cm³/mol. The summed E-state index contributed by atoms with van der Waals surface area (Å²) in [5.41, 5.74) is 0.379. The Kier molecular flexibility index (Phi) is 10.2. The monoisotopic (exact) mass is 475 g/mol. The van der Waals surface area contributed by atoms with Crippen molar-refractivity contribution in [3.05, 3.63) is 35.4 Å². The maximum absolute atomic E-state index is 14.1. The molecule has 0 aliphatic rings. The van der Waals surface area contributed by atoms with Crippen LogP contribution in [0.3, 0.4) is 0 Å². The van der Waals surface area contributed by atoms with Crippen LogP contribution in [0, 0.1) is 12.8 Å². The molecule has 2 atom stereocenters. The van der Waals surface area contributed by atoms with Crippen LogP contribution in [0.2, 0.25) is 0 Å². The van der Waals surface area contributed by atoms with Gasteiger partial charge in [0.2, 0.25) is 11.8 Å². The topological polar surface area (TPSA) is 87.7 Å². The van der Waals surface area contributed by atoms with Gasteiger partial charge < -0.3 is 20.3 Å². The lowest BCUT2D eigenvalue weighted by Crippen LogP contribution is -2.59. The summed E-state index contributed by atoms with van der Waals surface area (Å²) in [6, 6.07) is 5.83. The molecule has 0 aliphatic carbocycles. The SMILES string of the molecule is Cc1ccc(C(C(=O)NC(C)C)N(C(=O)C(CC(C)C)NC(=O)OC(C)(C)C)C(C)(C)C)cc1. The fourth-order valence-corrected chi connectivity index (χ4v) is 3.69. The van der Waals surface area contributed by atoms with E-state index in [2.05, 4.69) is 10.6 Å². The zero-order valence-corrected chi connectivity index (χ0v) is 22.9. The molecule has 3 amide bonds. The molecule has 7 nitrogen and oxygen atoms in total. The van der Waals surface area contributed by atoms with Crippen LogP contribution < -0.4 is 10.6 Å². The Morgan fingerprint density at radius 1 is 0.912 bits per heavy atom. The van der Waals surface area contributed by atoms with Crippen molar-refractivity contribution in [2.24, 2.45) is 5.92 Å². The molecule has 0 radical (unpaired) electrons. The van der Waals surface area contributed by atoms with E-state index in [9.17, 15) is 14.4 Å². The Hall–Kier alpha value is -2.57. The maximum atomic E-state index is 14.1. The van der Waals surface area contributed by atoms with Gasteiger partial charge >= 0.3 is 6.09 Å². The Bertz CT molecular complexity index is 833. The summed E-state index contributed by atoms with van der Waals surface area (Å²) in [4.78, 5) is 41.7. The predicted octanol–water partition coefficient (Wildman–Crippen LogP) is 5.13. The van der Waals surface area contributed by atoms with Crippen LogP contribution >= 0.6 is 0 Å². The van der Waals surface area contributed by atoms with Gasteiger partial charge in [0.25, 0.3) is 0 Å². The fourth-order valence-electron chi connectivity index (χ4n) is 3.69. The van der Waals surface area contributed by atoms with Crippen LogP contribution in [0.5, 0.6) is 0 Å². The number of hydrogen-bond acceptors (Lipinski definition) is 4. The van der Waals surface area contributed by atoms with Crippen molar-refractivity contribution in [2.75, 3.05) is 0 Å². The first-order valence-corrected chi connectivity index (χ1v) is 12.1. The summed E-state index contributed by atoms with van der Waals surface area (Å²) in [5, 5.41) is 5.74. The smallest absolute Gasteiger partial charge is 0.408 e. The number of alkyl carbamates (subject to hydrolysis) is 1. The molecule has 0 spiro atoms. The van der Waals surface area contributed by atoms with E-state index in [1.54, 1.807) is 25.7 Å². The molecule has 0 saturated carbocycles. The van der Waals surface area contributed by atoms with E-state index >= 15 is 0 Å². The Morgan fingerprint density at radius 3 is 1.85 bits per heavy atom. The minimum atomic E-state index is -0.856. The summed E-state index contributed by atoms with van der Waals surface area (Å²) in [6.07, 6.45) is -0.240. The summed E-state index contributed by atoms with van der Waals surface area (Å²) in [6.45, 7) is 20.7. The van der Waals surface area contributed by atoms with E-state index in [0.717, 1.165) is 5.56 Å². The molecule has 7 heteroatoms. The third-order valence-corrected chi connectivity index (χ3v) is 4.99. The summed E-state index contributed by atoms with van der Waals surface area (Å²) in [7, 11) is 0. The van der Waals surface area contributed by atoms with Gasteiger partial charge in [0, 0.05) is 11.6 Å². The molecule has 1 aromatic carbocycles. The molecule has 0 aliphatic heterocycles. The molecule has 34 heavy (non-hydrogen) atoms. The molecule has 0 saturated heterocycles. The molecule has 0 aromatic heterocycles. The summed E-state index contributed by atoms with van der Waals surface area (Å²) in [5.74, 6) is -0.452. The lowest BCUT2D eigenvalue weighted by Gasteiger charge is -2.43. The van der Waals surface area contributed by atoms with E-state index in [-0.39, 0.29) is 23.8 Å². The number of benzene rings is 1. The summed E-state index contributed by atoms with van der Waals surface area (Å²) >= 11 is 0. The molecule has 0 bridgehead atoms. The van der Waals surface area contributed by atoms with Gasteiger partial charge in [-0.25, -0.2) is 4.79 Å². The molecule has 0 fully saturated rings. The van der Waals surface area contributed by atoms with Gasteiger partial charge in [-0.3, -0.25) is 9.59 Å². The number of amides is 3. The fraction of sp³-hybridized carbons (Fsp3) is 0.667. The largest absolute Gasteiger partial charge is 0.444 e. The number of carbonyl (C=O) groups is 3. The lowest BCUT2D eigenvalue weighted by molar-refractivity contribution is -0.149. The molecule has 192 valence electrons. The van der Waals surface area contributed by atoms with E-state index < -0.39 is 29.3 Å². The highest BCUT2D eigenvalue weighted by Crippen LogP contribution is 2.31. The van der Waals surface area contributed by atoms with E-state index in [1.807, 2.05) is 79.7 Å². The summed E-state index contributed by atoms with van der Waals surface area (Å²) < 4.78 is 5.42. The average molecular weight is 476 g/mol. The number of nitrogens with one attached hydrogen (secondary N) is 2. The van der Waals surface area contributed by atoms with Crippen LogP contribution in [0.15, 0.2) is 24.3 Å². The van der Waals surface area contributed by atoms with Crippen molar-refractivity contribution in [3.8, 4) is 0 Å². The highest BCUT2D eigenvalue weighted by atomic mass is 16.6. The minimum absolute atomic E-state index is 0.0938. The number of carbonyl (C=O) groups excluding carboxylic acids is 3. The Morgan fingerprint density at radius 2 is 1.44 bits per heavy atom. The van der Waals surface area contributed by atoms with Crippen molar-refractivity contribution in [1.82, 2.24) is 15.5 Å². The highest BCUT2D eigenvalue weighted by Gasteiger charge is 2.42. The van der Waals surface area contributed by atoms with Gasteiger partial charge in [0.15, 0.2) is 0 Å². The first-order chi connectivity index (χ1) is 15.4. The number of nitrogens with zero attached hydrogens (tertiary/aromatic N) is 1. The van der Waals surface area contributed by atoms with Crippen molar-refractivity contribution >= 4 is 17.9 Å². The molecular formula is C27H45N3O4. The third kappa shape index (κ3) is 9.35. The second-order valence-corrected chi connectivity index (χ2v) is 11.7. The zero-order chi connectivity index (χ0) is 26.4. The minimum Gasteiger partial charge on any atom is -0.444 e. The average Bonchev–Trinajstić information content (AvgIpc) is 2.62. The molecule has 2 unspecified atom stereocenters. The van der Waals surface area contributed by atoms with Crippen molar-refractivity contribution in [1.29, 1.82) is 0 Å². The van der Waals surface area contributed by atoms with Crippen LogP contribution in [-0.2, 0) is 14.3 Å². The molecule has 1 rings (SSSR count). The third-order valence-electron chi connectivity index (χ3n) is 4.99. The highest BCUT2D eigenvalue weighted by molar-refractivity contribution is 5.92. The standard InChI is InChI=1S/C27H45N3O4/c1-17(2)16-21(29-25(33)34-27(9,10)11)24(32)30(26(6,7)8)22(23(31)28-18(3)4)20-14-12-19(5)13-15-20/h12-15,17-18,21-22H,16H2,1-11H3,(H,28,31)(H,29,33). The molecule has 1 aromatic rings. The number of rotatable bonds is 8. The molecular weight excluding hydrogens is 430 g/mol. The zero-order valence-electron chi connectivity index (χ0n) is 22.9. The number of aryl methyl sites for hydroxylation is 1. The van der Waals surface area contributed by atoms with Crippen LogP contribution in [-0.4, -0.2) is 46.0 Å². The number of ether oxygens (including phenoxy) is 1. The molecule has 2 N–H and O–H groups in total. The first-order valence-electron chi connectivity index (χ1n) is 12.1. The maximum Gasteiger partial charge on any atom is 0.408 e. The van der Waals surface area contributed by atoms with Gasteiger partial charge in [-0.05, 0) is 80.2 Å². The van der Waals surface area contributed by atoms with Gasteiger partial charge in [-0.15, -0.1) is 0 Å². The van der Waals surface area contributed by atoms with Gasteiger partial charge in [-0.2, -0.15) is 0 Å². The van der Waals surface area contributed by atoms with Crippen molar-refractivity contribution in [3.63, 3.8) is 0 Å². The lowest BCUT2D eigenvalue weighted by atomic mass is 9.93. The van der Waals surface area contributed by atoms with E-state index in [1.165, 1.54) is 0 Å². The van der Waals surface area contributed by atoms with Crippen molar-refractivity contribution in [2.45, 2.75) is 112 Å².